The Hall–Kier alpha value is -1.59. The molecule has 0 atom stereocenters. The normalized spacial score (nSPS) is 13.0. The zero-order valence-corrected chi connectivity index (χ0v) is 6.72. The number of nitrogens with zero attached hydrogens (tertiary/aromatic N) is 1. The highest BCUT2D eigenvalue weighted by atomic mass is 19.4. The van der Waals surface area contributed by atoms with Crippen molar-refractivity contribution in [2.75, 3.05) is 0 Å². The number of rotatable bonds is 1. The van der Waals surface area contributed by atoms with E-state index in [1.165, 1.54) is 0 Å². The van der Waals surface area contributed by atoms with Crippen LogP contribution in [0.3, 0.4) is 0 Å². The van der Waals surface area contributed by atoms with Gasteiger partial charge >= 0.3 is 6.18 Å². The van der Waals surface area contributed by atoms with Crippen molar-refractivity contribution < 1.29 is 22.8 Å². The van der Waals surface area contributed by atoms with Gasteiger partial charge in [0.05, 0.1) is 0 Å². The van der Waals surface area contributed by atoms with Gasteiger partial charge in [-0.25, -0.2) is 4.39 Å². The Morgan fingerprint density at radius 2 is 1.64 bits per heavy atom. The van der Waals surface area contributed by atoms with Crippen molar-refractivity contribution in [2.24, 2.45) is 5.16 Å². The van der Waals surface area contributed by atoms with Gasteiger partial charge in [-0.2, -0.15) is 13.2 Å². The van der Waals surface area contributed by atoms with Crippen molar-refractivity contribution in [3.05, 3.63) is 35.6 Å². The van der Waals surface area contributed by atoms with E-state index in [0.717, 1.165) is 24.3 Å². The molecule has 2 nitrogen and oxygen atoms in total. The highest BCUT2D eigenvalue weighted by Crippen LogP contribution is 2.22. The molecule has 6 heteroatoms. The lowest BCUT2D eigenvalue weighted by Gasteiger charge is -2.07. The molecular formula is C8H5F4NO. The van der Waals surface area contributed by atoms with Crippen molar-refractivity contribution >= 4 is 5.71 Å². The van der Waals surface area contributed by atoms with Gasteiger partial charge in [-0.3, -0.25) is 0 Å². The standard InChI is InChI=1S/C8H5F4NO/c9-6-3-1-5(2-4-6)7(13-14)8(10,11)12/h1-4,14H. The second-order valence-electron chi connectivity index (χ2n) is 2.45. The molecular weight excluding hydrogens is 202 g/mol. The Morgan fingerprint density at radius 3 is 2.00 bits per heavy atom. The van der Waals surface area contributed by atoms with Gasteiger partial charge in [-0.1, -0.05) is 5.16 Å². The van der Waals surface area contributed by atoms with E-state index in [2.05, 4.69) is 5.16 Å². The van der Waals surface area contributed by atoms with E-state index in [9.17, 15) is 17.6 Å². The van der Waals surface area contributed by atoms with Crippen molar-refractivity contribution in [1.82, 2.24) is 0 Å². The molecule has 1 aromatic carbocycles. The van der Waals surface area contributed by atoms with E-state index in [1.807, 2.05) is 0 Å². The molecule has 0 spiro atoms. The molecule has 0 aliphatic rings. The average molecular weight is 207 g/mol. The predicted octanol–water partition coefficient (Wildman–Crippen LogP) is 2.57. The van der Waals surface area contributed by atoms with Gasteiger partial charge in [0.25, 0.3) is 0 Å². The van der Waals surface area contributed by atoms with Crippen LogP contribution >= 0.6 is 0 Å². The number of hydrogen-bond donors (Lipinski definition) is 1. The Balaban J connectivity index is 3.10. The molecule has 1 aromatic rings. The van der Waals surface area contributed by atoms with Crippen LogP contribution in [-0.2, 0) is 0 Å². The first kappa shape index (κ1) is 10.5. The summed E-state index contributed by atoms with van der Waals surface area (Å²) in [5, 5.41) is 10.3. The zero-order chi connectivity index (χ0) is 10.8. The maximum absolute atomic E-state index is 12.4. The van der Waals surface area contributed by atoms with Crippen molar-refractivity contribution in [2.45, 2.75) is 6.18 Å². The summed E-state index contributed by atoms with van der Waals surface area (Å²) in [6, 6.07) is 3.48. The summed E-state index contributed by atoms with van der Waals surface area (Å²) >= 11 is 0. The molecule has 0 amide bonds. The molecule has 0 saturated carbocycles. The second kappa shape index (κ2) is 3.65. The van der Waals surface area contributed by atoms with E-state index < -0.39 is 17.7 Å². The summed E-state index contributed by atoms with van der Waals surface area (Å²) < 4.78 is 48.7. The summed E-state index contributed by atoms with van der Waals surface area (Å²) in [6.45, 7) is 0. The lowest BCUT2D eigenvalue weighted by molar-refractivity contribution is -0.0601. The van der Waals surface area contributed by atoms with Crippen LogP contribution in [0.5, 0.6) is 0 Å². The Kier molecular flexibility index (Phi) is 2.73. The third kappa shape index (κ3) is 2.21. The quantitative estimate of drug-likeness (QED) is 0.326. The molecule has 76 valence electrons. The molecule has 0 radical (unpaired) electrons. The molecule has 0 aromatic heterocycles. The van der Waals surface area contributed by atoms with Gasteiger partial charge in [-0.15, -0.1) is 0 Å². The van der Waals surface area contributed by atoms with Gasteiger partial charge < -0.3 is 5.21 Å². The molecule has 1 rings (SSSR count). The van der Waals surface area contributed by atoms with Gasteiger partial charge in [0.15, 0.2) is 5.71 Å². The van der Waals surface area contributed by atoms with Gasteiger partial charge in [0.2, 0.25) is 0 Å². The molecule has 1 N–H and O–H groups in total. The zero-order valence-electron chi connectivity index (χ0n) is 6.72. The summed E-state index contributed by atoms with van der Waals surface area (Å²) in [4.78, 5) is 0. The smallest absolute Gasteiger partial charge is 0.410 e. The molecule has 0 fully saturated rings. The van der Waals surface area contributed by atoms with Crippen LogP contribution in [0.25, 0.3) is 0 Å². The maximum Gasteiger partial charge on any atom is 0.437 e. The minimum absolute atomic E-state index is 0.388. The van der Waals surface area contributed by atoms with Crippen LogP contribution in [0.15, 0.2) is 29.4 Å². The lowest BCUT2D eigenvalue weighted by atomic mass is 10.1. The van der Waals surface area contributed by atoms with Crippen molar-refractivity contribution in [3.63, 3.8) is 0 Å². The third-order valence-corrected chi connectivity index (χ3v) is 1.49. The van der Waals surface area contributed by atoms with E-state index in [4.69, 9.17) is 5.21 Å². The molecule has 0 aliphatic carbocycles. The monoisotopic (exact) mass is 207 g/mol. The maximum atomic E-state index is 12.4. The third-order valence-electron chi connectivity index (χ3n) is 1.49. The molecule has 0 saturated heterocycles. The van der Waals surface area contributed by atoms with Crippen LogP contribution < -0.4 is 0 Å². The highest BCUT2D eigenvalue weighted by molar-refractivity contribution is 6.04. The van der Waals surface area contributed by atoms with Crippen LogP contribution in [0, 0.1) is 5.82 Å². The van der Waals surface area contributed by atoms with E-state index >= 15 is 0 Å². The Bertz CT molecular complexity index is 341. The first-order valence-corrected chi connectivity index (χ1v) is 3.50. The van der Waals surface area contributed by atoms with Crippen LogP contribution in [0.2, 0.25) is 0 Å². The predicted molar refractivity (Wildman–Crippen MR) is 40.8 cm³/mol. The summed E-state index contributed by atoms with van der Waals surface area (Å²) in [5.74, 6) is -0.659. The van der Waals surface area contributed by atoms with Gasteiger partial charge in [0.1, 0.15) is 5.82 Å². The van der Waals surface area contributed by atoms with Gasteiger partial charge in [0, 0.05) is 5.56 Å². The second-order valence-corrected chi connectivity index (χ2v) is 2.45. The molecule has 0 heterocycles. The van der Waals surface area contributed by atoms with E-state index in [1.54, 1.807) is 0 Å². The number of hydrogen-bond acceptors (Lipinski definition) is 2. The minimum atomic E-state index is -4.76. The first-order chi connectivity index (χ1) is 6.45. The summed E-state index contributed by atoms with van der Waals surface area (Å²) in [5.41, 5.74) is -1.83. The van der Waals surface area contributed by atoms with Crippen molar-refractivity contribution in [1.29, 1.82) is 0 Å². The van der Waals surface area contributed by atoms with Crippen LogP contribution in [0.4, 0.5) is 17.6 Å². The number of oxime groups is 1. The van der Waals surface area contributed by atoms with Crippen LogP contribution in [-0.4, -0.2) is 17.1 Å². The minimum Gasteiger partial charge on any atom is -0.410 e. The fourth-order valence-corrected chi connectivity index (χ4v) is 0.886. The Labute approximate surface area is 76.5 Å². The molecule has 0 aliphatic heterocycles. The van der Waals surface area contributed by atoms with Crippen molar-refractivity contribution in [3.8, 4) is 0 Å². The highest BCUT2D eigenvalue weighted by Gasteiger charge is 2.37. The summed E-state index contributed by atoms with van der Waals surface area (Å²) in [6.07, 6.45) is -4.76. The number of benzene rings is 1. The molecule has 14 heavy (non-hydrogen) atoms. The average Bonchev–Trinajstić information content (AvgIpc) is 2.07. The first-order valence-electron chi connectivity index (χ1n) is 3.50. The lowest BCUT2D eigenvalue weighted by Crippen LogP contribution is -2.23. The van der Waals surface area contributed by atoms with Crippen LogP contribution in [0.1, 0.15) is 5.56 Å². The molecule has 0 unspecified atom stereocenters. The summed E-state index contributed by atoms with van der Waals surface area (Å²) in [7, 11) is 0. The van der Waals surface area contributed by atoms with E-state index in [-0.39, 0.29) is 5.56 Å². The SMILES string of the molecule is ON=C(c1ccc(F)cc1)C(F)(F)F. The fourth-order valence-electron chi connectivity index (χ4n) is 0.886. The topological polar surface area (TPSA) is 32.6 Å². The molecule has 0 bridgehead atoms. The van der Waals surface area contributed by atoms with Gasteiger partial charge in [-0.05, 0) is 24.3 Å². The largest absolute Gasteiger partial charge is 0.437 e. The Morgan fingerprint density at radius 1 is 1.14 bits per heavy atom. The van der Waals surface area contributed by atoms with E-state index in [0.29, 0.717) is 0 Å². The number of halogens is 4. The fraction of sp³-hybridized carbons (Fsp3) is 0.125. The number of alkyl halides is 3.